The molecule has 1 aromatic heterocycles. The van der Waals surface area contributed by atoms with E-state index in [0.29, 0.717) is 16.4 Å². The Morgan fingerprint density at radius 3 is 2.62 bits per heavy atom. The first kappa shape index (κ1) is 15.0. The number of benzene rings is 1. The van der Waals surface area contributed by atoms with Crippen LogP contribution in [0, 0.1) is 0 Å². The predicted octanol–water partition coefficient (Wildman–Crippen LogP) is 1.71. The third-order valence-electron chi connectivity index (χ3n) is 2.62. The molecule has 0 spiro atoms. The number of ether oxygens (including phenoxy) is 1. The number of aromatic nitrogens is 3. The molecule has 2 aromatic rings. The van der Waals surface area contributed by atoms with E-state index in [1.807, 2.05) is 0 Å². The summed E-state index contributed by atoms with van der Waals surface area (Å²) in [7, 11) is 1.32. The minimum atomic E-state index is -0.415. The SMILES string of the molecule is COC(=O)c1ccc(NC(=O)[C@@H](C)Sc2ncn[nH]2)cc1. The predicted molar refractivity (Wildman–Crippen MR) is 78.1 cm³/mol. The van der Waals surface area contributed by atoms with Crippen LogP contribution in [0.25, 0.3) is 0 Å². The summed E-state index contributed by atoms with van der Waals surface area (Å²) in [6.45, 7) is 1.77. The number of H-pyrrole nitrogens is 1. The number of hydrogen-bond donors (Lipinski definition) is 2. The Morgan fingerprint density at radius 2 is 2.05 bits per heavy atom. The highest BCUT2D eigenvalue weighted by molar-refractivity contribution is 8.00. The van der Waals surface area contributed by atoms with Crippen LogP contribution in [0.2, 0.25) is 0 Å². The molecular weight excluding hydrogens is 292 g/mol. The molecule has 8 heteroatoms. The average Bonchev–Trinajstić information content (AvgIpc) is 3.00. The molecule has 2 N–H and O–H groups in total. The molecule has 2 rings (SSSR count). The van der Waals surface area contributed by atoms with E-state index in [1.165, 1.54) is 25.2 Å². The highest BCUT2D eigenvalue weighted by Gasteiger charge is 2.16. The second kappa shape index (κ2) is 6.89. The summed E-state index contributed by atoms with van der Waals surface area (Å²) in [4.78, 5) is 27.3. The molecule has 110 valence electrons. The second-order valence-electron chi connectivity index (χ2n) is 4.11. The second-order valence-corrected chi connectivity index (χ2v) is 5.44. The quantitative estimate of drug-likeness (QED) is 0.645. The van der Waals surface area contributed by atoms with Crippen LogP contribution in [0.15, 0.2) is 35.7 Å². The molecule has 0 radical (unpaired) electrons. The van der Waals surface area contributed by atoms with E-state index in [0.717, 1.165) is 0 Å². The Morgan fingerprint density at radius 1 is 1.33 bits per heavy atom. The van der Waals surface area contributed by atoms with E-state index in [9.17, 15) is 9.59 Å². The van der Waals surface area contributed by atoms with E-state index >= 15 is 0 Å². The van der Waals surface area contributed by atoms with Gasteiger partial charge in [-0.3, -0.25) is 9.89 Å². The van der Waals surface area contributed by atoms with Gasteiger partial charge in [0.1, 0.15) is 6.33 Å². The highest BCUT2D eigenvalue weighted by atomic mass is 32.2. The van der Waals surface area contributed by atoms with Crippen molar-refractivity contribution in [2.24, 2.45) is 0 Å². The van der Waals surface area contributed by atoms with Crippen LogP contribution in [0.4, 0.5) is 5.69 Å². The van der Waals surface area contributed by atoms with Crippen molar-refractivity contribution in [2.45, 2.75) is 17.3 Å². The van der Waals surface area contributed by atoms with E-state index in [-0.39, 0.29) is 11.2 Å². The van der Waals surface area contributed by atoms with Gasteiger partial charge in [0.15, 0.2) is 5.16 Å². The molecule has 0 saturated carbocycles. The molecule has 1 atom stereocenters. The Bertz CT molecular complexity index is 613. The number of hydrogen-bond acceptors (Lipinski definition) is 6. The standard InChI is InChI=1S/C13H14N4O3S/c1-8(21-13-14-7-15-17-13)11(18)16-10-5-3-9(4-6-10)12(19)20-2/h3-8H,1-2H3,(H,16,18)(H,14,15,17)/t8-/m1/s1. The van der Waals surface area contributed by atoms with Crippen LogP contribution in [0.5, 0.6) is 0 Å². The van der Waals surface area contributed by atoms with Crippen molar-refractivity contribution in [3.63, 3.8) is 0 Å². The topological polar surface area (TPSA) is 97.0 Å². The first-order valence-electron chi connectivity index (χ1n) is 6.11. The summed E-state index contributed by atoms with van der Waals surface area (Å²) in [6, 6.07) is 6.48. The van der Waals surface area contributed by atoms with E-state index < -0.39 is 5.97 Å². The first-order valence-corrected chi connectivity index (χ1v) is 6.99. The lowest BCUT2D eigenvalue weighted by atomic mass is 10.2. The fraction of sp³-hybridized carbons (Fsp3) is 0.231. The first-order chi connectivity index (χ1) is 10.1. The molecule has 1 heterocycles. The number of carbonyl (C=O) groups is 2. The van der Waals surface area contributed by atoms with Crippen LogP contribution >= 0.6 is 11.8 Å². The molecular formula is C13H14N4O3S. The van der Waals surface area contributed by atoms with Crippen LogP contribution in [-0.2, 0) is 9.53 Å². The van der Waals surface area contributed by atoms with Gasteiger partial charge >= 0.3 is 5.97 Å². The van der Waals surface area contributed by atoms with Gasteiger partial charge in [-0.05, 0) is 31.2 Å². The maximum absolute atomic E-state index is 12.0. The third kappa shape index (κ3) is 4.06. The van der Waals surface area contributed by atoms with Crippen molar-refractivity contribution in [2.75, 3.05) is 12.4 Å². The normalized spacial score (nSPS) is 11.7. The highest BCUT2D eigenvalue weighted by Crippen LogP contribution is 2.20. The van der Waals surface area contributed by atoms with Crippen LogP contribution in [0.3, 0.4) is 0 Å². The number of carbonyl (C=O) groups excluding carboxylic acids is 2. The van der Waals surface area contributed by atoms with Crippen molar-refractivity contribution in [1.29, 1.82) is 0 Å². The van der Waals surface area contributed by atoms with Crippen molar-refractivity contribution in [3.05, 3.63) is 36.2 Å². The molecule has 0 aliphatic heterocycles. The fourth-order valence-electron chi connectivity index (χ4n) is 1.52. The monoisotopic (exact) mass is 306 g/mol. The molecule has 1 amide bonds. The Hall–Kier alpha value is -2.35. The number of aromatic amines is 1. The van der Waals surface area contributed by atoms with E-state index in [4.69, 9.17) is 0 Å². The Balaban J connectivity index is 1.94. The summed E-state index contributed by atoms with van der Waals surface area (Å²) < 4.78 is 4.61. The lowest BCUT2D eigenvalue weighted by molar-refractivity contribution is -0.115. The van der Waals surface area contributed by atoms with E-state index in [1.54, 1.807) is 31.2 Å². The summed E-state index contributed by atoms with van der Waals surface area (Å²) in [6.07, 6.45) is 1.39. The number of methoxy groups -OCH3 is 1. The van der Waals surface area contributed by atoms with Gasteiger partial charge in [-0.25, -0.2) is 9.78 Å². The summed E-state index contributed by atoms with van der Waals surface area (Å²) in [5.41, 5.74) is 1.04. The average molecular weight is 306 g/mol. The molecule has 0 saturated heterocycles. The van der Waals surface area contributed by atoms with Gasteiger partial charge in [-0.15, -0.1) is 0 Å². The van der Waals surface area contributed by atoms with E-state index in [2.05, 4.69) is 25.2 Å². The molecule has 7 nitrogen and oxygen atoms in total. The third-order valence-corrected chi connectivity index (χ3v) is 3.61. The molecule has 0 aliphatic carbocycles. The zero-order valence-electron chi connectivity index (χ0n) is 11.5. The Labute approximate surface area is 125 Å². The number of anilines is 1. The molecule has 0 aliphatic rings. The smallest absolute Gasteiger partial charge is 0.337 e. The van der Waals surface area contributed by atoms with Crippen molar-refractivity contribution in [1.82, 2.24) is 15.2 Å². The number of nitrogens with one attached hydrogen (secondary N) is 2. The van der Waals surface area contributed by atoms with Crippen LogP contribution < -0.4 is 5.32 Å². The van der Waals surface area contributed by atoms with Crippen molar-refractivity contribution >= 4 is 29.3 Å². The zero-order chi connectivity index (χ0) is 15.2. The van der Waals surface area contributed by atoms with Gasteiger partial charge < -0.3 is 10.1 Å². The number of nitrogens with zero attached hydrogens (tertiary/aromatic N) is 2. The van der Waals surface area contributed by atoms with Crippen molar-refractivity contribution < 1.29 is 14.3 Å². The van der Waals surface area contributed by atoms with Gasteiger partial charge in [0.05, 0.1) is 17.9 Å². The number of esters is 1. The summed E-state index contributed by atoms with van der Waals surface area (Å²) in [5.74, 6) is -0.579. The largest absolute Gasteiger partial charge is 0.465 e. The van der Waals surface area contributed by atoms with Gasteiger partial charge in [0.2, 0.25) is 5.91 Å². The van der Waals surface area contributed by atoms with Gasteiger partial charge in [0, 0.05) is 5.69 Å². The molecule has 0 unspecified atom stereocenters. The lowest BCUT2D eigenvalue weighted by Crippen LogP contribution is -2.22. The minimum Gasteiger partial charge on any atom is -0.465 e. The molecule has 21 heavy (non-hydrogen) atoms. The maximum Gasteiger partial charge on any atom is 0.337 e. The summed E-state index contributed by atoms with van der Waals surface area (Å²) >= 11 is 1.27. The van der Waals surface area contributed by atoms with Gasteiger partial charge in [-0.2, -0.15) is 5.10 Å². The lowest BCUT2D eigenvalue weighted by Gasteiger charge is -2.10. The molecule has 0 bridgehead atoms. The Kier molecular flexibility index (Phi) is 4.94. The number of thioether (sulfide) groups is 1. The maximum atomic E-state index is 12.0. The molecule has 1 aromatic carbocycles. The summed E-state index contributed by atoms with van der Waals surface area (Å²) in [5, 5.41) is 9.42. The van der Waals surface area contributed by atoms with Gasteiger partial charge in [-0.1, -0.05) is 11.8 Å². The van der Waals surface area contributed by atoms with Crippen molar-refractivity contribution in [3.8, 4) is 0 Å². The van der Waals surface area contributed by atoms with Crippen LogP contribution in [0.1, 0.15) is 17.3 Å². The van der Waals surface area contributed by atoms with Gasteiger partial charge in [0.25, 0.3) is 0 Å². The molecule has 0 fully saturated rings. The zero-order valence-corrected chi connectivity index (χ0v) is 12.3. The number of amides is 1. The number of rotatable bonds is 5. The minimum absolute atomic E-state index is 0.165. The fourth-order valence-corrected chi connectivity index (χ4v) is 2.24. The van der Waals surface area contributed by atoms with Crippen LogP contribution in [-0.4, -0.2) is 39.4 Å².